The van der Waals surface area contributed by atoms with E-state index in [0.717, 1.165) is 5.56 Å². The molecule has 37 heavy (non-hydrogen) atoms. The minimum absolute atomic E-state index is 0.0111. The van der Waals surface area contributed by atoms with Crippen LogP contribution in [0.3, 0.4) is 0 Å². The molecule has 1 atom stereocenters. The number of allylic oxidation sites excluding steroid dienone is 1. The Morgan fingerprint density at radius 1 is 1.03 bits per heavy atom. The van der Waals surface area contributed by atoms with Crippen LogP contribution in [0.5, 0.6) is 11.5 Å². The van der Waals surface area contributed by atoms with Gasteiger partial charge in [0.2, 0.25) is 0 Å². The van der Waals surface area contributed by atoms with Crippen molar-refractivity contribution in [1.29, 1.82) is 0 Å². The lowest BCUT2D eigenvalue weighted by atomic mass is 9.95. The van der Waals surface area contributed by atoms with Crippen molar-refractivity contribution in [2.24, 2.45) is 4.99 Å². The van der Waals surface area contributed by atoms with Crippen LogP contribution in [0.1, 0.15) is 58.7 Å². The molecule has 0 saturated heterocycles. The molecule has 0 N–H and O–H groups in total. The summed E-state index contributed by atoms with van der Waals surface area (Å²) in [5.41, 5.74) is 2.08. The summed E-state index contributed by atoms with van der Waals surface area (Å²) in [6, 6.07) is 14.3. The van der Waals surface area contributed by atoms with Crippen molar-refractivity contribution in [2.75, 3.05) is 6.61 Å². The van der Waals surface area contributed by atoms with Crippen LogP contribution in [0.2, 0.25) is 0 Å². The lowest BCUT2D eigenvalue weighted by Crippen LogP contribution is -2.40. The monoisotopic (exact) mass is 520 g/mol. The largest absolute Gasteiger partial charge is 0.491 e. The molecule has 0 spiro atoms. The van der Waals surface area contributed by atoms with Crippen LogP contribution in [-0.2, 0) is 9.53 Å². The predicted molar refractivity (Wildman–Crippen MR) is 145 cm³/mol. The minimum Gasteiger partial charge on any atom is -0.491 e. The first-order valence-electron chi connectivity index (χ1n) is 12.4. The topological polar surface area (TPSA) is 79.1 Å². The maximum Gasteiger partial charge on any atom is 0.338 e. The molecule has 1 aliphatic rings. The lowest BCUT2D eigenvalue weighted by Gasteiger charge is -2.26. The molecule has 0 bridgehead atoms. The molecule has 0 amide bonds. The lowest BCUT2D eigenvalue weighted by molar-refractivity contribution is -0.139. The van der Waals surface area contributed by atoms with Gasteiger partial charge in [-0.05, 0) is 59.8 Å². The Bertz CT molecular complexity index is 1510. The second kappa shape index (κ2) is 11.2. The smallest absolute Gasteiger partial charge is 0.338 e. The van der Waals surface area contributed by atoms with Crippen molar-refractivity contribution in [3.05, 3.63) is 90.6 Å². The summed E-state index contributed by atoms with van der Waals surface area (Å²) >= 11 is 1.28. The van der Waals surface area contributed by atoms with Gasteiger partial charge in [0.05, 0.1) is 34.6 Å². The third kappa shape index (κ3) is 5.54. The molecule has 2 heterocycles. The first-order valence-corrected chi connectivity index (χ1v) is 13.2. The normalized spacial score (nSPS) is 15.6. The number of rotatable bonds is 8. The summed E-state index contributed by atoms with van der Waals surface area (Å²) in [7, 11) is 0. The zero-order chi connectivity index (χ0) is 26.7. The molecule has 0 radical (unpaired) electrons. The number of benzene rings is 2. The third-order valence-corrected chi connectivity index (χ3v) is 6.64. The number of carbonyl (C=O) groups is 1. The fourth-order valence-electron chi connectivity index (χ4n) is 4.26. The Balaban J connectivity index is 1.97. The minimum atomic E-state index is -0.741. The zero-order valence-electron chi connectivity index (χ0n) is 22.0. The van der Waals surface area contributed by atoms with Gasteiger partial charge in [0, 0.05) is 11.1 Å². The molecule has 0 fully saturated rings. The summed E-state index contributed by atoms with van der Waals surface area (Å²) in [6.07, 6.45) is 1.71. The summed E-state index contributed by atoms with van der Waals surface area (Å²) in [6.45, 7) is 11.5. The van der Waals surface area contributed by atoms with Gasteiger partial charge in [0.15, 0.2) is 4.80 Å². The highest BCUT2D eigenvalue weighted by Gasteiger charge is 2.35. The predicted octanol–water partition coefficient (Wildman–Crippen LogP) is 4.37. The van der Waals surface area contributed by atoms with Crippen LogP contribution in [-0.4, -0.2) is 29.4 Å². The van der Waals surface area contributed by atoms with Crippen LogP contribution in [0, 0.1) is 0 Å². The molecule has 1 aliphatic heterocycles. The van der Waals surface area contributed by atoms with Gasteiger partial charge < -0.3 is 14.2 Å². The van der Waals surface area contributed by atoms with Crippen molar-refractivity contribution in [3.8, 4) is 11.5 Å². The number of hydrogen-bond acceptors (Lipinski definition) is 7. The second-order valence-electron chi connectivity index (χ2n) is 9.21. The Morgan fingerprint density at radius 2 is 1.65 bits per heavy atom. The molecule has 194 valence electrons. The zero-order valence-corrected chi connectivity index (χ0v) is 22.8. The fraction of sp³-hybridized carbons (Fsp3) is 0.345. The van der Waals surface area contributed by atoms with Crippen LogP contribution < -0.4 is 24.4 Å². The molecule has 2 aromatic carbocycles. The number of para-hydroxylation sites is 2. The van der Waals surface area contributed by atoms with E-state index < -0.39 is 12.0 Å². The Morgan fingerprint density at radius 3 is 2.32 bits per heavy atom. The summed E-state index contributed by atoms with van der Waals surface area (Å²) in [5.74, 6) is 0.793. The number of aromatic nitrogens is 1. The van der Waals surface area contributed by atoms with Crippen molar-refractivity contribution in [1.82, 2.24) is 4.57 Å². The molecule has 1 unspecified atom stereocenters. The molecule has 1 aromatic heterocycles. The molecule has 0 saturated carbocycles. The third-order valence-electron chi connectivity index (χ3n) is 5.66. The van der Waals surface area contributed by atoms with Crippen LogP contribution >= 0.6 is 11.3 Å². The van der Waals surface area contributed by atoms with E-state index in [1.54, 1.807) is 18.4 Å². The van der Waals surface area contributed by atoms with Crippen LogP contribution in [0.4, 0.5) is 0 Å². The van der Waals surface area contributed by atoms with Gasteiger partial charge in [-0.1, -0.05) is 47.7 Å². The second-order valence-corrected chi connectivity index (χ2v) is 10.2. The molecular formula is C29H32N2O5S. The van der Waals surface area contributed by atoms with Gasteiger partial charge in [-0.3, -0.25) is 9.36 Å². The van der Waals surface area contributed by atoms with E-state index >= 15 is 0 Å². The van der Waals surface area contributed by atoms with E-state index in [0.29, 0.717) is 37.7 Å². The number of thiazole rings is 1. The Hall–Kier alpha value is -3.65. The number of hydrogen-bond donors (Lipinski definition) is 0. The van der Waals surface area contributed by atoms with E-state index in [9.17, 15) is 9.59 Å². The number of nitrogens with zero attached hydrogens (tertiary/aromatic N) is 2. The van der Waals surface area contributed by atoms with Gasteiger partial charge in [-0.2, -0.15) is 0 Å². The van der Waals surface area contributed by atoms with Gasteiger partial charge in [-0.25, -0.2) is 9.79 Å². The SMILES string of the molecule is CCOC(=O)C1=C(C)N=c2sc(=Cc3ccccc3OC(C)C)c(=O)n2C1c1ccccc1OC(C)C. The first-order chi connectivity index (χ1) is 17.7. The van der Waals surface area contributed by atoms with Gasteiger partial charge in [-0.15, -0.1) is 0 Å². The van der Waals surface area contributed by atoms with E-state index in [1.165, 1.54) is 11.3 Å². The highest BCUT2D eigenvalue weighted by molar-refractivity contribution is 7.07. The highest BCUT2D eigenvalue weighted by Crippen LogP contribution is 2.36. The van der Waals surface area contributed by atoms with Crippen molar-refractivity contribution >= 4 is 23.4 Å². The molecular weight excluding hydrogens is 488 g/mol. The van der Waals surface area contributed by atoms with E-state index in [2.05, 4.69) is 4.99 Å². The maximum atomic E-state index is 13.9. The molecule has 3 aromatic rings. The fourth-order valence-corrected chi connectivity index (χ4v) is 5.29. The number of esters is 1. The number of ether oxygens (including phenoxy) is 3. The molecule has 7 nitrogen and oxygen atoms in total. The summed E-state index contributed by atoms with van der Waals surface area (Å²) in [5, 5.41) is 0. The number of carbonyl (C=O) groups excluding carboxylic acids is 1. The van der Waals surface area contributed by atoms with Gasteiger partial charge >= 0.3 is 5.97 Å². The van der Waals surface area contributed by atoms with E-state index in [1.807, 2.05) is 82.3 Å². The standard InChI is InChI=1S/C29H32N2O5S/c1-7-34-28(33)25-19(6)30-29-31(26(25)21-13-9-11-15-23(21)36-18(4)5)27(32)24(37-29)16-20-12-8-10-14-22(20)35-17(2)3/h8-18,26H,7H2,1-6H3. The maximum absolute atomic E-state index is 13.9. The summed E-state index contributed by atoms with van der Waals surface area (Å²) in [4.78, 5) is 32.3. The Labute approximate surface area is 220 Å². The van der Waals surface area contributed by atoms with Crippen LogP contribution in [0.25, 0.3) is 6.08 Å². The van der Waals surface area contributed by atoms with Gasteiger partial charge in [0.25, 0.3) is 5.56 Å². The Kier molecular flexibility index (Phi) is 7.97. The van der Waals surface area contributed by atoms with E-state index in [4.69, 9.17) is 14.2 Å². The number of fused-ring (bicyclic) bond motifs is 1. The average Bonchev–Trinajstić information content (AvgIpc) is 3.13. The van der Waals surface area contributed by atoms with Crippen molar-refractivity contribution in [3.63, 3.8) is 0 Å². The highest BCUT2D eigenvalue weighted by atomic mass is 32.1. The molecule has 8 heteroatoms. The van der Waals surface area contributed by atoms with Crippen LogP contribution in [0.15, 0.2) is 69.6 Å². The van der Waals surface area contributed by atoms with Gasteiger partial charge in [0.1, 0.15) is 17.5 Å². The average molecular weight is 521 g/mol. The van der Waals surface area contributed by atoms with Crippen molar-refractivity contribution < 1.29 is 19.0 Å². The molecule has 0 aliphatic carbocycles. The van der Waals surface area contributed by atoms with Crippen molar-refractivity contribution in [2.45, 2.75) is 59.8 Å². The van der Waals surface area contributed by atoms with E-state index in [-0.39, 0.29) is 24.4 Å². The first kappa shape index (κ1) is 26.4. The summed E-state index contributed by atoms with van der Waals surface area (Å²) < 4.78 is 19.5. The molecule has 4 rings (SSSR count). The quantitative estimate of drug-likeness (QED) is 0.412.